The second kappa shape index (κ2) is 16.1. The first-order valence-electron chi connectivity index (χ1n) is 18.2. The predicted octanol–water partition coefficient (Wildman–Crippen LogP) is 7.97. The fraction of sp³-hybridized carbons (Fsp3) is 0.452. The van der Waals surface area contributed by atoms with Crippen molar-refractivity contribution in [1.29, 1.82) is 0 Å². The number of para-hydroxylation sites is 2. The molecule has 1 fully saturated rings. The number of hydrogen-bond acceptors (Lipinski definition) is 6. The summed E-state index contributed by atoms with van der Waals surface area (Å²) in [6.07, 6.45) is 1.23. The first kappa shape index (κ1) is 41.1. The standard InChI is InChI=1S/C42H53ClN4O6/c1-10-32(53-33-24-23-28(39(4,5)11-2)25-31(33)40(6,7)12-3)35(49)44-27-41(8,9)36(50)42(43,37(51)45-29-19-15-13-16-20-29)47-34(48)26-46(38(47)52)30-21-17-14-18-22-30/h13-25,32H,10-12,26-27H2,1-9H3,(H,44,49)(H,45,51). The number of ketones is 1. The van der Waals surface area contributed by atoms with Crippen LogP contribution in [0.25, 0.3) is 0 Å². The molecule has 4 rings (SSSR count). The van der Waals surface area contributed by atoms with Gasteiger partial charge in [-0.25, -0.2) is 9.69 Å². The Bertz CT molecular complexity index is 1830. The molecule has 5 amide bonds. The van der Waals surface area contributed by atoms with Gasteiger partial charge in [-0.3, -0.25) is 24.1 Å². The zero-order valence-corrected chi connectivity index (χ0v) is 33.1. The van der Waals surface area contributed by atoms with Gasteiger partial charge in [0.2, 0.25) is 0 Å². The number of amides is 5. The molecular formula is C42H53ClN4O6. The Kier molecular flexibility index (Phi) is 12.5. The minimum atomic E-state index is -2.79. The lowest BCUT2D eigenvalue weighted by atomic mass is 9.76. The summed E-state index contributed by atoms with van der Waals surface area (Å²) < 4.78 is 6.42. The maximum atomic E-state index is 14.6. The Labute approximate surface area is 318 Å². The number of Topliss-reactive ketones (excluding diaryl/α,β-unsaturated/α-hetero) is 1. The lowest BCUT2D eigenvalue weighted by molar-refractivity contribution is -0.146. The molecule has 0 aliphatic carbocycles. The number of carbonyl (C=O) groups is 5. The third-order valence-corrected chi connectivity index (χ3v) is 11.0. The van der Waals surface area contributed by atoms with Crippen LogP contribution in [0, 0.1) is 5.41 Å². The maximum absolute atomic E-state index is 14.6. The Morgan fingerprint density at radius 3 is 1.98 bits per heavy atom. The highest BCUT2D eigenvalue weighted by atomic mass is 35.5. The fourth-order valence-electron chi connectivity index (χ4n) is 6.06. The van der Waals surface area contributed by atoms with Crippen molar-refractivity contribution < 1.29 is 28.7 Å². The van der Waals surface area contributed by atoms with Gasteiger partial charge in [0.15, 0.2) is 11.9 Å². The minimum absolute atomic E-state index is 0.0451. The first-order valence-corrected chi connectivity index (χ1v) is 18.6. The van der Waals surface area contributed by atoms with Crippen molar-refractivity contribution in [3.63, 3.8) is 0 Å². The van der Waals surface area contributed by atoms with E-state index in [1.165, 1.54) is 19.4 Å². The van der Waals surface area contributed by atoms with Crippen LogP contribution in [0.15, 0.2) is 78.9 Å². The van der Waals surface area contributed by atoms with Crippen LogP contribution in [0.5, 0.6) is 5.75 Å². The number of benzene rings is 3. The molecule has 0 bridgehead atoms. The lowest BCUT2D eigenvalue weighted by Gasteiger charge is -2.37. The van der Waals surface area contributed by atoms with Crippen molar-refractivity contribution in [2.24, 2.45) is 5.41 Å². The normalized spacial score (nSPS) is 15.5. The molecule has 1 aliphatic rings. The molecule has 2 N–H and O–H groups in total. The van der Waals surface area contributed by atoms with Crippen molar-refractivity contribution in [2.45, 2.75) is 104 Å². The van der Waals surface area contributed by atoms with Crippen LogP contribution in [0.3, 0.4) is 0 Å². The number of urea groups is 1. The van der Waals surface area contributed by atoms with Crippen molar-refractivity contribution in [1.82, 2.24) is 10.2 Å². The highest BCUT2D eigenvalue weighted by Gasteiger charge is 2.61. The van der Waals surface area contributed by atoms with Gasteiger partial charge in [0.05, 0.1) is 0 Å². The van der Waals surface area contributed by atoms with Crippen LogP contribution in [0.4, 0.5) is 16.2 Å². The van der Waals surface area contributed by atoms with Gasteiger partial charge in [-0.2, -0.15) is 0 Å². The highest BCUT2D eigenvalue weighted by Crippen LogP contribution is 2.40. The minimum Gasteiger partial charge on any atom is -0.480 e. The van der Waals surface area contributed by atoms with E-state index < -0.39 is 52.6 Å². The first-order chi connectivity index (χ1) is 24.8. The number of halogens is 1. The number of nitrogens with zero attached hydrogens (tertiary/aromatic N) is 2. The van der Waals surface area contributed by atoms with Crippen LogP contribution in [0.2, 0.25) is 0 Å². The fourth-order valence-corrected chi connectivity index (χ4v) is 6.53. The summed E-state index contributed by atoms with van der Waals surface area (Å²) in [7, 11) is 0. The third-order valence-electron chi connectivity index (χ3n) is 10.5. The number of ether oxygens (including phenoxy) is 1. The number of rotatable bonds is 16. The summed E-state index contributed by atoms with van der Waals surface area (Å²) in [6.45, 7) is 17.1. The third kappa shape index (κ3) is 8.59. The molecule has 11 heteroatoms. The number of imide groups is 1. The highest BCUT2D eigenvalue weighted by molar-refractivity contribution is 6.50. The van der Waals surface area contributed by atoms with Crippen LogP contribution < -0.4 is 20.3 Å². The number of hydrogen-bond donors (Lipinski definition) is 2. The molecule has 1 aliphatic heterocycles. The molecule has 0 radical (unpaired) electrons. The van der Waals surface area contributed by atoms with Crippen molar-refractivity contribution in [2.75, 3.05) is 23.3 Å². The molecule has 3 aromatic carbocycles. The van der Waals surface area contributed by atoms with E-state index in [1.54, 1.807) is 60.7 Å². The van der Waals surface area contributed by atoms with Gasteiger partial charge < -0.3 is 15.4 Å². The average molecular weight is 745 g/mol. The Morgan fingerprint density at radius 2 is 1.42 bits per heavy atom. The molecule has 1 heterocycles. The number of alkyl halides is 1. The van der Waals surface area contributed by atoms with Gasteiger partial charge in [-0.05, 0) is 66.0 Å². The maximum Gasteiger partial charge on any atom is 0.334 e. The van der Waals surface area contributed by atoms with Gasteiger partial charge in [0.1, 0.15) is 12.3 Å². The quantitative estimate of drug-likeness (QED) is 0.0664. The molecule has 10 nitrogen and oxygen atoms in total. The largest absolute Gasteiger partial charge is 0.480 e. The Balaban J connectivity index is 1.62. The molecule has 1 saturated heterocycles. The van der Waals surface area contributed by atoms with E-state index in [4.69, 9.17) is 16.3 Å². The molecule has 0 spiro atoms. The van der Waals surface area contributed by atoms with E-state index in [-0.39, 0.29) is 17.4 Å². The Morgan fingerprint density at radius 1 is 0.830 bits per heavy atom. The Hall–Kier alpha value is -4.70. The van der Waals surface area contributed by atoms with Gasteiger partial charge in [-0.15, -0.1) is 0 Å². The van der Waals surface area contributed by atoms with Gasteiger partial charge >= 0.3 is 6.03 Å². The molecule has 2 atom stereocenters. The zero-order valence-electron chi connectivity index (χ0n) is 32.3. The van der Waals surface area contributed by atoms with Gasteiger partial charge in [0, 0.05) is 28.9 Å². The summed E-state index contributed by atoms with van der Waals surface area (Å²) in [4.78, 5) is 68.7. The molecule has 0 saturated carbocycles. The van der Waals surface area contributed by atoms with Crippen molar-refractivity contribution in [3.05, 3.63) is 90.0 Å². The monoisotopic (exact) mass is 744 g/mol. The van der Waals surface area contributed by atoms with Crippen molar-refractivity contribution >= 4 is 52.5 Å². The molecule has 53 heavy (non-hydrogen) atoms. The van der Waals surface area contributed by atoms with E-state index in [2.05, 4.69) is 58.2 Å². The number of carbonyl (C=O) groups excluding carboxylic acids is 5. The molecule has 2 unspecified atom stereocenters. The van der Waals surface area contributed by atoms with E-state index >= 15 is 0 Å². The predicted molar refractivity (Wildman–Crippen MR) is 209 cm³/mol. The zero-order chi connectivity index (χ0) is 39.4. The van der Waals surface area contributed by atoms with Crippen LogP contribution >= 0.6 is 11.6 Å². The van der Waals surface area contributed by atoms with E-state index in [0.29, 0.717) is 28.4 Å². The topological polar surface area (TPSA) is 125 Å². The van der Waals surface area contributed by atoms with Crippen LogP contribution in [-0.2, 0) is 30.0 Å². The smallest absolute Gasteiger partial charge is 0.334 e. The summed E-state index contributed by atoms with van der Waals surface area (Å²) in [5.74, 6) is -2.72. The molecular weight excluding hydrogens is 692 g/mol. The SMILES string of the molecule is CCC(Oc1ccc(C(C)(C)CC)cc1C(C)(C)CC)C(=O)NCC(C)(C)C(=O)C(Cl)(C(=O)Nc1ccccc1)N1C(=O)CN(c2ccccc2)C1=O. The number of anilines is 2. The van der Waals surface area contributed by atoms with Crippen molar-refractivity contribution in [3.8, 4) is 5.75 Å². The number of nitrogens with one attached hydrogen (secondary N) is 2. The molecule has 0 aromatic heterocycles. The van der Waals surface area contributed by atoms with Crippen LogP contribution in [-0.4, -0.2) is 58.6 Å². The van der Waals surface area contributed by atoms with Gasteiger partial charge in [-0.1, -0.05) is 122 Å². The van der Waals surface area contributed by atoms with E-state index in [9.17, 15) is 24.0 Å². The summed E-state index contributed by atoms with van der Waals surface area (Å²) >= 11 is 7.02. The second-order valence-electron chi connectivity index (χ2n) is 15.5. The summed E-state index contributed by atoms with van der Waals surface area (Å²) in [5.41, 5.74) is 1.06. The van der Waals surface area contributed by atoms with E-state index in [0.717, 1.165) is 23.3 Å². The summed E-state index contributed by atoms with van der Waals surface area (Å²) in [5, 5.41) is 5.43. The second-order valence-corrected chi connectivity index (χ2v) is 16.1. The lowest BCUT2D eigenvalue weighted by Crippen LogP contribution is -2.64. The average Bonchev–Trinajstić information content (AvgIpc) is 3.46. The summed E-state index contributed by atoms with van der Waals surface area (Å²) in [6, 6.07) is 21.9. The molecule has 3 aromatic rings. The van der Waals surface area contributed by atoms with E-state index in [1.807, 2.05) is 19.1 Å². The molecule has 284 valence electrons. The van der Waals surface area contributed by atoms with Gasteiger partial charge in [0.25, 0.3) is 22.7 Å². The van der Waals surface area contributed by atoms with Crippen LogP contribution in [0.1, 0.15) is 92.7 Å².